The van der Waals surface area contributed by atoms with E-state index >= 15 is 0 Å². The van der Waals surface area contributed by atoms with Gasteiger partial charge in [-0.1, -0.05) is 6.07 Å². The molecule has 2 aromatic rings. The molecule has 0 aromatic heterocycles. The highest BCUT2D eigenvalue weighted by Gasteiger charge is 2.41. The molecule has 1 aliphatic heterocycles. The molecule has 1 heterocycles. The Morgan fingerprint density at radius 2 is 1.86 bits per heavy atom. The Balaban J connectivity index is 1.81. The summed E-state index contributed by atoms with van der Waals surface area (Å²) in [5.41, 5.74) is 7.99. The molecule has 2 aliphatic rings. The van der Waals surface area contributed by atoms with Gasteiger partial charge in [0.25, 0.3) is 0 Å². The van der Waals surface area contributed by atoms with E-state index in [1.54, 1.807) is 14.2 Å². The third-order valence-corrected chi connectivity index (χ3v) is 5.21. The van der Waals surface area contributed by atoms with E-state index in [2.05, 4.69) is 37.4 Å². The van der Waals surface area contributed by atoms with Gasteiger partial charge in [-0.25, -0.2) is 0 Å². The van der Waals surface area contributed by atoms with E-state index in [0.29, 0.717) is 12.0 Å². The molecule has 0 spiro atoms. The number of hydrogen-bond donors (Lipinski definition) is 1. The Hall–Kier alpha value is -2.16. The zero-order valence-corrected chi connectivity index (χ0v) is 13.5. The minimum atomic E-state index is 0.375. The van der Waals surface area contributed by atoms with Crippen LogP contribution < -0.4 is 14.8 Å². The van der Waals surface area contributed by atoms with Crippen molar-refractivity contribution in [3.05, 3.63) is 52.1 Å². The predicted molar refractivity (Wildman–Crippen MR) is 88.3 cm³/mol. The summed E-state index contributed by atoms with van der Waals surface area (Å²) in [5, 5.41) is 3.70. The number of aryl methyl sites for hydroxylation is 1. The normalized spacial score (nSPS) is 20.9. The Labute approximate surface area is 131 Å². The van der Waals surface area contributed by atoms with Crippen molar-refractivity contribution >= 4 is 5.69 Å². The van der Waals surface area contributed by atoms with Gasteiger partial charge in [0.2, 0.25) is 0 Å². The lowest BCUT2D eigenvalue weighted by molar-refractivity contribution is 0.408. The van der Waals surface area contributed by atoms with E-state index in [1.165, 1.54) is 33.5 Å². The summed E-state index contributed by atoms with van der Waals surface area (Å²) in [6.45, 7) is 4.31. The molecule has 1 N–H and O–H groups in total. The number of methoxy groups -OCH3 is 2. The molecular formula is C19H21NO2. The van der Waals surface area contributed by atoms with Crippen LogP contribution in [0.5, 0.6) is 11.5 Å². The number of fused-ring (bicyclic) bond motifs is 5. The highest BCUT2D eigenvalue weighted by Crippen LogP contribution is 2.54. The first kappa shape index (κ1) is 13.5. The lowest BCUT2D eigenvalue weighted by Crippen LogP contribution is -2.06. The molecule has 22 heavy (non-hydrogen) atoms. The average Bonchev–Trinajstić information content (AvgIpc) is 3.04. The summed E-state index contributed by atoms with van der Waals surface area (Å²) in [5.74, 6) is 2.46. The van der Waals surface area contributed by atoms with Crippen LogP contribution in [-0.4, -0.2) is 14.2 Å². The predicted octanol–water partition coefficient (Wildman–Crippen LogP) is 4.13. The Kier molecular flexibility index (Phi) is 2.86. The maximum absolute atomic E-state index is 5.59. The summed E-state index contributed by atoms with van der Waals surface area (Å²) in [4.78, 5) is 0. The molecule has 0 amide bonds. The summed E-state index contributed by atoms with van der Waals surface area (Å²) < 4.78 is 11.0. The molecule has 0 saturated heterocycles. The molecule has 0 saturated carbocycles. The Morgan fingerprint density at radius 3 is 2.59 bits per heavy atom. The van der Waals surface area contributed by atoms with Crippen LogP contribution >= 0.6 is 0 Å². The number of ether oxygens (including phenoxy) is 2. The molecule has 4 rings (SSSR count). The lowest BCUT2D eigenvalue weighted by Gasteiger charge is -2.16. The van der Waals surface area contributed by atoms with Gasteiger partial charge in [-0.05, 0) is 66.3 Å². The second-order valence-corrected chi connectivity index (χ2v) is 6.31. The third kappa shape index (κ3) is 1.68. The maximum Gasteiger partial charge on any atom is 0.124 e. The largest absolute Gasteiger partial charge is 0.497 e. The van der Waals surface area contributed by atoms with Gasteiger partial charge < -0.3 is 14.8 Å². The minimum Gasteiger partial charge on any atom is -0.497 e. The van der Waals surface area contributed by atoms with Gasteiger partial charge >= 0.3 is 0 Å². The van der Waals surface area contributed by atoms with E-state index in [9.17, 15) is 0 Å². The topological polar surface area (TPSA) is 30.5 Å². The van der Waals surface area contributed by atoms with Crippen molar-refractivity contribution in [2.45, 2.75) is 32.2 Å². The molecule has 2 aromatic carbocycles. The molecule has 3 nitrogen and oxygen atoms in total. The number of benzene rings is 2. The van der Waals surface area contributed by atoms with E-state index in [4.69, 9.17) is 9.47 Å². The fourth-order valence-electron chi connectivity index (χ4n) is 4.19. The number of nitrogens with one attached hydrogen (secondary N) is 1. The van der Waals surface area contributed by atoms with Crippen molar-refractivity contribution in [1.29, 1.82) is 0 Å². The van der Waals surface area contributed by atoms with Crippen molar-refractivity contribution < 1.29 is 9.47 Å². The first-order chi connectivity index (χ1) is 10.6. The van der Waals surface area contributed by atoms with Crippen LogP contribution in [0.1, 0.15) is 39.8 Å². The van der Waals surface area contributed by atoms with Gasteiger partial charge in [-0.3, -0.25) is 0 Å². The fraction of sp³-hybridized carbons (Fsp3) is 0.368. The van der Waals surface area contributed by atoms with Crippen LogP contribution in [0.25, 0.3) is 0 Å². The smallest absolute Gasteiger partial charge is 0.124 e. The van der Waals surface area contributed by atoms with Gasteiger partial charge in [0.1, 0.15) is 11.5 Å². The van der Waals surface area contributed by atoms with E-state index < -0.39 is 0 Å². The van der Waals surface area contributed by atoms with E-state index in [0.717, 1.165) is 17.9 Å². The molecule has 2 atom stereocenters. The van der Waals surface area contributed by atoms with Crippen molar-refractivity contribution in [1.82, 2.24) is 0 Å². The lowest BCUT2D eigenvalue weighted by atomic mass is 9.95. The highest BCUT2D eigenvalue weighted by atomic mass is 16.5. The molecule has 0 bridgehead atoms. The maximum atomic E-state index is 5.59. The Bertz CT molecular complexity index is 767. The summed E-state index contributed by atoms with van der Waals surface area (Å²) in [6, 6.07) is 9.01. The molecule has 3 heteroatoms. The van der Waals surface area contributed by atoms with Crippen LogP contribution in [-0.2, 0) is 6.42 Å². The minimum absolute atomic E-state index is 0.375. The zero-order valence-electron chi connectivity index (χ0n) is 13.5. The zero-order chi connectivity index (χ0) is 15.4. The van der Waals surface area contributed by atoms with E-state index in [-0.39, 0.29) is 0 Å². The average molecular weight is 295 g/mol. The second-order valence-electron chi connectivity index (χ2n) is 6.31. The second kappa shape index (κ2) is 4.67. The van der Waals surface area contributed by atoms with Crippen LogP contribution in [0.2, 0.25) is 0 Å². The first-order valence-electron chi connectivity index (χ1n) is 7.75. The van der Waals surface area contributed by atoms with Gasteiger partial charge in [0.05, 0.1) is 20.3 Å². The summed E-state index contributed by atoms with van der Waals surface area (Å²) in [6.07, 6.45) is 1.07. The van der Waals surface area contributed by atoms with Crippen LogP contribution in [0.4, 0.5) is 5.69 Å². The molecule has 114 valence electrons. The highest BCUT2D eigenvalue weighted by molar-refractivity contribution is 5.67. The van der Waals surface area contributed by atoms with Crippen molar-refractivity contribution in [2.24, 2.45) is 0 Å². The number of hydrogen-bond acceptors (Lipinski definition) is 3. The van der Waals surface area contributed by atoms with Gasteiger partial charge in [0, 0.05) is 11.6 Å². The first-order valence-corrected chi connectivity index (χ1v) is 7.75. The summed E-state index contributed by atoms with van der Waals surface area (Å²) >= 11 is 0. The molecule has 0 fully saturated rings. The van der Waals surface area contributed by atoms with Gasteiger partial charge in [-0.15, -0.1) is 0 Å². The fourth-order valence-corrected chi connectivity index (χ4v) is 4.19. The van der Waals surface area contributed by atoms with E-state index in [1.807, 2.05) is 6.07 Å². The van der Waals surface area contributed by atoms with Crippen LogP contribution in [0.15, 0.2) is 24.3 Å². The third-order valence-electron chi connectivity index (χ3n) is 5.21. The molecule has 0 radical (unpaired) electrons. The van der Waals surface area contributed by atoms with Crippen molar-refractivity contribution in [2.75, 3.05) is 19.5 Å². The Morgan fingerprint density at radius 1 is 1.05 bits per heavy atom. The molecule has 0 unspecified atom stereocenters. The van der Waals surface area contributed by atoms with Crippen LogP contribution in [0.3, 0.4) is 0 Å². The summed E-state index contributed by atoms with van der Waals surface area (Å²) in [7, 11) is 3.49. The standard InChI is InChI=1S/C19H21NO2/c1-10-7-15-13(11(2)19(10)22-4)9-16-14-8-12(21-3)5-6-17(14)20-18(15)16/h5-8,16,18,20H,9H2,1-4H3/t16-,18-/m1/s1. The quantitative estimate of drug-likeness (QED) is 0.903. The SMILES string of the molecule is COc1ccc2c(c1)[C@H]1Cc3c(cc(C)c(OC)c3C)[C@H]1N2. The number of rotatable bonds is 2. The monoisotopic (exact) mass is 295 g/mol. The van der Waals surface area contributed by atoms with Crippen LogP contribution in [0, 0.1) is 13.8 Å². The van der Waals surface area contributed by atoms with Gasteiger partial charge in [-0.2, -0.15) is 0 Å². The van der Waals surface area contributed by atoms with Gasteiger partial charge in [0.15, 0.2) is 0 Å². The van der Waals surface area contributed by atoms with Crippen molar-refractivity contribution in [3.63, 3.8) is 0 Å². The molecular weight excluding hydrogens is 274 g/mol. The molecule has 1 aliphatic carbocycles. The van der Waals surface area contributed by atoms with Crippen molar-refractivity contribution in [3.8, 4) is 11.5 Å². The number of anilines is 1.